The van der Waals surface area contributed by atoms with Crippen molar-refractivity contribution >= 4 is 11.3 Å². The van der Waals surface area contributed by atoms with Crippen molar-refractivity contribution in [2.75, 3.05) is 13.2 Å². The van der Waals surface area contributed by atoms with Crippen LogP contribution in [0.2, 0.25) is 0 Å². The van der Waals surface area contributed by atoms with Crippen LogP contribution in [0.4, 0.5) is 0 Å². The van der Waals surface area contributed by atoms with Gasteiger partial charge in [0.1, 0.15) is 5.75 Å². The van der Waals surface area contributed by atoms with Gasteiger partial charge in [-0.1, -0.05) is 0 Å². The molecule has 2 aromatic rings. The van der Waals surface area contributed by atoms with E-state index in [1.807, 2.05) is 30.4 Å². The summed E-state index contributed by atoms with van der Waals surface area (Å²) >= 11 is 1.81. The Labute approximate surface area is 130 Å². The van der Waals surface area contributed by atoms with Gasteiger partial charge in [-0.25, -0.2) is 4.98 Å². The monoisotopic (exact) mass is 302 g/mol. The van der Waals surface area contributed by atoms with Gasteiger partial charge in [-0.15, -0.1) is 11.3 Å². The molecule has 1 aromatic carbocycles. The van der Waals surface area contributed by atoms with Gasteiger partial charge < -0.3 is 10.1 Å². The molecule has 112 valence electrons. The topological polar surface area (TPSA) is 34.1 Å². The number of nitrogens with zero attached hydrogens (tertiary/aromatic N) is 1. The van der Waals surface area contributed by atoms with E-state index in [1.54, 1.807) is 0 Å². The zero-order valence-corrected chi connectivity index (χ0v) is 13.5. The third kappa shape index (κ3) is 3.83. The highest BCUT2D eigenvalue weighted by Gasteiger charge is 2.20. The fourth-order valence-electron chi connectivity index (χ4n) is 2.37. The number of nitrogens with one attached hydrogen (secondary N) is 1. The lowest BCUT2D eigenvalue weighted by Crippen LogP contribution is -2.19. The van der Waals surface area contributed by atoms with E-state index in [4.69, 9.17) is 9.72 Å². The van der Waals surface area contributed by atoms with Crippen LogP contribution in [-0.4, -0.2) is 24.2 Å². The molecule has 0 saturated heterocycles. The van der Waals surface area contributed by atoms with Gasteiger partial charge in [0, 0.05) is 29.4 Å². The summed E-state index contributed by atoms with van der Waals surface area (Å²) in [5, 5.41) is 4.77. The summed E-state index contributed by atoms with van der Waals surface area (Å²) in [6.07, 6.45) is 3.71. The van der Waals surface area contributed by atoms with Gasteiger partial charge in [0.05, 0.1) is 17.3 Å². The first kappa shape index (κ1) is 14.5. The molecule has 1 saturated carbocycles. The molecule has 1 aliphatic carbocycles. The highest BCUT2D eigenvalue weighted by Crippen LogP contribution is 2.29. The van der Waals surface area contributed by atoms with Gasteiger partial charge in [-0.2, -0.15) is 0 Å². The van der Waals surface area contributed by atoms with Gasteiger partial charge >= 0.3 is 0 Å². The zero-order chi connectivity index (χ0) is 14.7. The maximum Gasteiger partial charge on any atom is 0.119 e. The van der Waals surface area contributed by atoms with Crippen molar-refractivity contribution < 1.29 is 4.74 Å². The molecule has 1 aliphatic rings. The van der Waals surface area contributed by atoms with Crippen molar-refractivity contribution in [3.05, 3.63) is 34.2 Å². The van der Waals surface area contributed by atoms with Crippen molar-refractivity contribution in [1.82, 2.24) is 10.3 Å². The van der Waals surface area contributed by atoms with Crippen molar-refractivity contribution in [1.29, 1.82) is 0 Å². The largest absolute Gasteiger partial charge is 0.494 e. The van der Waals surface area contributed by atoms with Crippen LogP contribution in [0.25, 0.3) is 11.3 Å². The molecule has 1 fully saturated rings. The van der Waals surface area contributed by atoms with E-state index in [-0.39, 0.29) is 0 Å². The van der Waals surface area contributed by atoms with E-state index < -0.39 is 0 Å². The predicted octanol–water partition coefficient (Wildman–Crippen LogP) is 3.81. The summed E-state index contributed by atoms with van der Waals surface area (Å²) in [5.74, 6) is 0.919. The van der Waals surface area contributed by atoms with Crippen LogP contribution >= 0.6 is 11.3 Å². The molecule has 1 heterocycles. The van der Waals surface area contributed by atoms with Gasteiger partial charge in [0.25, 0.3) is 0 Å². The molecular weight excluding hydrogens is 280 g/mol. The molecule has 0 spiro atoms. The second-order valence-corrected chi connectivity index (χ2v) is 6.74. The van der Waals surface area contributed by atoms with Gasteiger partial charge in [0.2, 0.25) is 0 Å². The van der Waals surface area contributed by atoms with E-state index >= 15 is 0 Å². The molecule has 0 aliphatic heterocycles. The highest BCUT2D eigenvalue weighted by molar-refractivity contribution is 7.12. The third-order valence-electron chi connectivity index (χ3n) is 3.63. The summed E-state index contributed by atoms with van der Waals surface area (Å²) < 4.78 is 5.49. The molecule has 21 heavy (non-hydrogen) atoms. The minimum absolute atomic E-state index is 0.702. The Kier molecular flexibility index (Phi) is 4.56. The Hall–Kier alpha value is -1.39. The number of ether oxygens (including phenoxy) is 1. The van der Waals surface area contributed by atoms with Crippen LogP contribution in [0.3, 0.4) is 0 Å². The first-order chi connectivity index (χ1) is 10.3. The first-order valence-electron chi connectivity index (χ1n) is 7.69. The molecule has 0 amide bonds. The van der Waals surface area contributed by atoms with Gasteiger partial charge in [-0.3, -0.25) is 0 Å². The fraction of sp³-hybridized carbons (Fsp3) is 0.471. The van der Waals surface area contributed by atoms with Gasteiger partial charge in [-0.05, 0) is 51.0 Å². The summed E-state index contributed by atoms with van der Waals surface area (Å²) in [6.45, 7) is 5.90. The molecule has 0 atom stereocenters. The Morgan fingerprint density at radius 3 is 2.71 bits per heavy atom. The first-order valence-corrected chi connectivity index (χ1v) is 8.51. The van der Waals surface area contributed by atoms with Crippen LogP contribution < -0.4 is 10.1 Å². The molecule has 1 aromatic heterocycles. The Balaban J connectivity index is 1.67. The van der Waals surface area contributed by atoms with Crippen LogP contribution in [0.1, 0.15) is 29.7 Å². The van der Waals surface area contributed by atoms with E-state index in [2.05, 4.69) is 24.4 Å². The van der Waals surface area contributed by atoms with E-state index in [0.29, 0.717) is 6.61 Å². The lowest BCUT2D eigenvalue weighted by molar-refractivity contribution is 0.340. The number of thiazole rings is 1. The maximum atomic E-state index is 5.49. The third-order valence-corrected chi connectivity index (χ3v) is 4.66. The number of benzene rings is 1. The minimum Gasteiger partial charge on any atom is -0.494 e. The van der Waals surface area contributed by atoms with Crippen LogP contribution in [0.15, 0.2) is 24.3 Å². The Morgan fingerprint density at radius 2 is 2.05 bits per heavy atom. The molecular formula is C17H22N2OS. The van der Waals surface area contributed by atoms with Crippen LogP contribution in [0.5, 0.6) is 5.75 Å². The van der Waals surface area contributed by atoms with Crippen molar-refractivity contribution in [2.24, 2.45) is 0 Å². The molecule has 0 unspecified atom stereocenters. The molecule has 3 rings (SSSR count). The summed E-state index contributed by atoms with van der Waals surface area (Å²) in [7, 11) is 0. The number of aromatic nitrogens is 1. The number of hydrogen-bond acceptors (Lipinski definition) is 4. The summed E-state index contributed by atoms with van der Waals surface area (Å²) in [6, 6.07) is 9.01. The van der Waals surface area contributed by atoms with Crippen LogP contribution in [0, 0.1) is 6.92 Å². The lowest BCUT2D eigenvalue weighted by atomic mass is 10.1. The summed E-state index contributed by atoms with van der Waals surface area (Å²) in [5.41, 5.74) is 2.29. The number of hydrogen-bond donors (Lipinski definition) is 1. The van der Waals surface area contributed by atoms with E-state index in [1.165, 1.54) is 28.3 Å². The normalized spacial score (nSPS) is 14.4. The number of aryl methyl sites for hydroxylation is 1. The second kappa shape index (κ2) is 6.58. The second-order valence-electron chi connectivity index (χ2n) is 5.45. The van der Waals surface area contributed by atoms with Gasteiger partial charge in [0.15, 0.2) is 0 Å². The van der Waals surface area contributed by atoms with E-state index in [0.717, 1.165) is 30.5 Å². The van der Waals surface area contributed by atoms with Crippen molar-refractivity contribution in [3.8, 4) is 17.0 Å². The van der Waals surface area contributed by atoms with E-state index in [9.17, 15) is 0 Å². The molecule has 1 N–H and O–H groups in total. The Morgan fingerprint density at radius 1 is 1.29 bits per heavy atom. The molecule has 0 bridgehead atoms. The standard InChI is InChI=1S/C17H22N2OS/c1-3-20-15-8-4-13(5-9-15)17-12(2)21-16(19-17)10-11-18-14-6-7-14/h4-5,8-9,14,18H,3,6-7,10-11H2,1-2H3. The molecule has 0 radical (unpaired) electrons. The maximum absolute atomic E-state index is 5.49. The minimum atomic E-state index is 0.702. The zero-order valence-electron chi connectivity index (χ0n) is 12.7. The quantitative estimate of drug-likeness (QED) is 0.844. The highest BCUT2D eigenvalue weighted by atomic mass is 32.1. The summed E-state index contributed by atoms with van der Waals surface area (Å²) in [4.78, 5) is 6.10. The smallest absolute Gasteiger partial charge is 0.119 e. The average Bonchev–Trinajstić information content (AvgIpc) is 3.23. The predicted molar refractivity (Wildman–Crippen MR) is 88.2 cm³/mol. The lowest BCUT2D eigenvalue weighted by Gasteiger charge is -2.04. The SMILES string of the molecule is CCOc1ccc(-c2nc(CCNC3CC3)sc2C)cc1. The van der Waals surface area contributed by atoms with Crippen molar-refractivity contribution in [2.45, 2.75) is 39.2 Å². The molecule has 3 nitrogen and oxygen atoms in total. The van der Waals surface area contributed by atoms with Crippen LogP contribution in [-0.2, 0) is 6.42 Å². The average molecular weight is 302 g/mol. The fourth-order valence-corrected chi connectivity index (χ4v) is 3.33. The molecule has 4 heteroatoms. The Bertz CT molecular complexity index is 587. The number of rotatable bonds is 7. The van der Waals surface area contributed by atoms with Crippen molar-refractivity contribution in [3.63, 3.8) is 0 Å².